The predicted molar refractivity (Wildman–Crippen MR) is 36.6 cm³/mol. The van der Waals surface area contributed by atoms with Crippen molar-refractivity contribution in [2.24, 2.45) is 0 Å². The van der Waals surface area contributed by atoms with Crippen molar-refractivity contribution in [3.8, 4) is 0 Å². The molecule has 1 N–H and O–H groups in total. The molecule has 60 valence electrons. The van der Waals surface area contributed by atoms with Gasteiger partial charge in [-0.25, -0.2) is 0 Å². The molecule has 1 rings (SSSR count). The van der Waals surface area contributed by atoms with E-state index in [1.807, 2.05) is 0 Å². The molecule has 0 amide bonds. The highest BCUT2D eigenvalue weighted by Gasteiger charge is 2.44. The summed E-state index contributed by atoms with van der Waals surface area (Å²) in [5, 5.41) is 9.53. The van der Waals surface area contributed by atoms with E-state index in [0.717, 1.165) is 0 Å². The molecular formula is C7H14O3. The molecule has 1 saturated heterocycles. The van der Waals surface area contributed by atoms with E-state index in [1.54, 1.807) is 20.8 Å². The fraction of sp³-hybridized carbons (Fsp3) is 1.00. The molecule has 0 spiro atoms. The highest BCUT2D eigenvalue weighted by Crippen LogP contribution is 2.30. The van der Waals surface area contributed by atoms with Crippen molar-refractivity contribution in [2.45, 2.75) is 32.2 Å². The molecule has 1 heterocycles. The van der Waals surface area contributed by atoms with E-state index in [4.69, 9.17) is 9.47 Å². The normalized spacial score (nSPS) is 25.2. The second kappa shape index (κ2) is 2.19. The lowest BCUT2D eigenvalue weighted by molar-refractivity contribution is -0.244. The molecule has 3 heteroatoms. The second-order valence-electron chi connectivity index (χ2n) is 3.20. The van der Waals surface area contributed by atoms with Gasteiger partial charge in [0.2, 0.25) is 0 Å². The molecule has 3 nitrogen and oxygen atoms in total. The SMILES string of the molecule is CC(C)(O)C1(C)OCCO1. The van der Waals surface area contributed by atoms with Crippen molar-refractivity contribution in [2.75, 3.05) is 13.2 Å². The summed E-state index contributed by atoms with van der Waals surface area (Å²) in [7, 11) is 0. The van der Waals surface area contributed by atoms with Crippen LogP contribution >= 0.6 is 0 Å². The topological polar surface area (TPSA) is 38.7 Å². The zero-order chi connectivity index (χ0) is 7.83. The lowest BCUT2D eigenvalue weighted by Crippen LogP contribution is -2.48. The van der Waals surface area contributed by atoms with Crippen LogP contribution in [0.15, 0.2) is 0 Å². The Hall–Kier alpha value is -0.120. The second-order valence-corrected chi connectivity index (χ2v) is 3.20. The van der Waals surface area contributed by atoms with E-state index in [0.29, 0.717) is 13.2 Å². The Morgan fingerprint density at radius 1 is 1.30 bits per heavy atom. The van der Waals surface area contributed by atoms with E-state index in [1.165, 1.54) is 0 Å². The Morgan fingerprint density at radius 3 is 1.90 bits per heavy atom. The third-order valence-corrected chi connectivity index (χ3v) is 1.95. The van der Waals surface area contributed by atoms with Gasteiger partial charge in [-0.1, -0.05) is 0 Å². The van der Waals surface area contributed by atoms with Crippen LogP contribution in [0.1, 0.15) is 20.8 Å². The fourth-order valence-electron chi connectivity index (χ4n) is 0.868. The highest BCUT2D eigenvalue weighted by molar-refractivity contribution is 4.85. The minimum Gasteiger partial charge on any atom is -0.385 e. The molecule has 0 unspecified atom stereocenters. The van der Waals surface area contributed by atoms with Crippen LogP contribution < -0.4 is 0 Å². The van der Waals surface area contributed by atoms with Crippen molar-refractivity contribution in [3.05, 3.63) is 0 Å². The summed E-state index contributed by atoms with van der Waals surface area (Å²) in [5.74, 6) is -0.812. The molecule has 10 heavy (non-hydrogen) atoms. The molecule has 1 aliphatic rings. The summed E-state index contributed by atoms with van der Waals surface area (Å²) in [6.07, 6.45) is 0. The Kier molecular flexibility index (Phi) is 1.75. The quantitative estimate of drug-likeness (QED) is 0.586. The van der Waals surface area contributed by atoms with Gasteiger partial charge in [0.1, 0.15) is 5.60 Å². The predicted octanol–water partition coefficient (Wildman–Crippen LogP) is 0.520. The van der Waals surface area contributed by atoms with Gasteiger partial charge in [-0.2, -0.15) is 0 Å². The van der Waals surface area contributed by atoms with Crippen molar-refractivity contribution in [3.63, 3.8) is 0 Å². The maximum atomic E-state index is 9.53. The van der Waals surface area contributed by atoms with Gasteiger partial charge in [0.15, 0.2) is 5.79 Å². The van der Waals surface area contributed by atoms with Crippen LogP contribution in [-0.4, -0.2) is 29.7 Å². The zero-order valence-electron chi connectivity index (χ0n) is 6.68. The van der Waals surface area contributed by atoms with Crippen molar-refractivity contribution >= 4 is 0 Å². The van der Waals surface area contributed by atoms with E-state index in [9.17, 15) is 5.11 Å². The number of ether oxygens (including phenoxy) is 2. The largest absolute Gasteiger partial charge is 0.385 e. The summed E-state index contributed by atoms with van der Waals surface area (Å²) in [6.45, 7) is 6.25. The minimum absolute atomic E-state index is 0.570. The standard InChI is InChI=1S/C7H14O3/c1-6(2,8)7(3)9-4-5-10-7/h8H,4-5H2,1-3H3. The first-order valence-corrected chi connectivity index (χ1v) is 3.46. The fourth-order valence-corrected chi connectivity index (χ4v) is 0.868. The Balaban J connectivity index is 2.67. The monoisotopic (exact) mass is 146 g/mol. The third-order valence-electron chi connectivity index (χ3n) is 1.95. The van der Waals surface area contributed by atoms with E-state index in [2.05, 4.69) is 0 Å². The summed E-state index contributed by atoms with van der Waals surface area (Å²) in [5.41, 5.74) is -0.927. The number of rotatable bonds is 1. The Labute approximate surface area is 60.9 Å². The van der Waals surface area contributed by atoms with Crippen LogP contribution in [0.25, 0.3) is 0 Å². The van der Waals surface area contributed by atoms with E-state index < -0.39 is 11.4 Å². The molecule has 0 radical (unpaired) electrons. The van der Waals surface area contributed by atoms with Crippen LogP contribution in [0.5, 0.6) is 0 Å². The number of aliphatic hydroxyl groups is 1. The van der Waals surface area contributed by atoms with Crippen LogP contribution in [0.4, 0.5) is 0 Å². The first-order valence-electron chi connectivity index (χ1n) is 3.46. The first-order chi connectivity index (χ1) is 4.46. The zero-order valence-corrected chi connectivity index (χ0v) is 6.68. The summed E-state index contributed by atoms with van der Waals surface area (Å²) < 4.78 is 10.5. The molecule has 0 bridgehead atoms. The Bertz CT molecular complexity index is 119. The lowest BCUT2D eigenvalue weighted by Gasteiger charge is -2.34. The van der Waals surface area contributed by atoms with Gasteiger partial charge >= 0.3 is 0 Å². The number of hydrogen-bond acceptors (Lipinski definition) is 3. The average Bonchev–Trinajstić information content (AvgIpc) is 2.13. The van der Waals surface area contributed by atoms with Crippen LogP contribution in [0.2, 0.25) is 0 Å². The molecule has 0 aliphatic carbocycles. The van der Waals surface area contributed by atoms with Gasteiger partial charge in [-0.05, 0) is 20.8 Å². The van der Waals surface area contributed by atoms with Crippen molar-refractivity contribution < 1.29 is 14.6 Å². The van der Waals surface area contributed by atoms with Gasteiger partial charge in [-0.15, -0.1) is 0 Å². The van der Waals surface area contributed by atoms with Crippen LogP contribution in [0, 0.1) is 0 Å². The summed E-state index contributed by atoms with van der Waals surface area (Å²) >= 11 is 0. The smallest absolute Gasteiger partial charge is 0.194 e. The van der Waals surface area contributed by atoms with Crippen molar-refractivity contribution in [1.29, 1.82) is 0 Å². The maximum absolute atomic E-state index is 9.53. The third kappa shape index (κ3) is 1.17. The van der Waals surface area contributed by atoms with Gasteiger partial charge in [-0.3, -0.25) is 0 Å². The van der Waals surface area contributed by atoms with Crippen molar-refractivity contribution in [1.82, 2.24) is 0 Å². The highest BCUT2D eigenvalue weighted by atomic mass is 16.7. The minimum atomic E-state index is -0.927. The molecule has 1 fully saturated rings. The van der Waals surface area contributed by atoms with Gasteiger partial charge in [0.05, 0.1) is 13.2 Å². The Morgan fingerprint density at radius 2 is 1.70 bits per heavy atom. The molecule has 0 aromatic heterocycles. The molecular weight excluding hydrogens is 132 g/mol. The maximum Gasteiger partial charge on any atom is 0.194 e. The van der Waals surface area contributed by atoms with Gasteiger partial charge in [0, 0.05) is 0 Å². The average molecular weight is 146 g/mol. The molecule has 1 aliphatic heterocycles. The number of hydrogen-bond donors (Lipinski definition) is 1. The van der Waals surface area contributed by atoms with Gasteiger partial charge < -0.3 is 14.6 Å². The molecule has 0 atom stereocenters. The summed E-state index contributed by atoms with van der Waals surface area (Å²) in [6, 6.07) is 0. The van der Waals surface area contributed by atoms with Gasteiger partial charge in [0.25, 0.3) is 0 Å². The molecule has 0 aromatic rings. The van der Waals surface area contributed by atoms with E-state index >= 15 is 0 Å². The summed E-state index contributed by atoms with van der Waals surface area (Å²) in [4.78, 5) is 0. The molecule has 0 aromatic carbocycles. The first kappa shape index (κ1) is 7.98. The lowest BCUT2D eigenvalue weighted by atomic mass is 10.00. The van der Waals surface area contributed by atoms with Crippen LogP contribution in [0.3, 0.4) is 0 Å². The van der Waals surface area contributed by atoms with Crippen LogP contribution in [-0.2, 0) is 9.47 Å². The molecule has 0 saturated carbocycles. The van der Waals surface area contributed by atoms with E-state index in [-0.39, 0.29) is 0 Å².